The van der Waals surface area contributed by atoms with Gasteiger partial charge in [0.05, 0.1) is 5.52 Å². The molecule has 0 saturated heterocycles. The van der Waals surface area contributed by atoms with E-state index in [1.165, 1.54) is 10.9 Å². The van der Waals surface area contributed by atoms with Gasteiger partial charge in [-0.2, -0.15) is 0 Å². The Morgan fingerprint density at radius 2 is 1.83 bits per heavy atom. The second-order valence-electron chi connectivity index (χ2n) is 5.15. The third-order valence-corrected chi connectivity index (χ3v) is 4.50. The zero-order chi connectivity index (χ0) is 15.6. The lowest BCUT2D eigenvalue weighted by Crippen LogP contribution is -2.04. The van der Waals surface area contributed by atoms with E-state index in [4.69, 9.17) is 4.74 Å². The van der Waals surface area contributed by atoms with Crippen LogP contribution in [0.1, 0.15) is 0 Å². The number of rotatable bonds is 3. The Morgan fingerprint density at radius 3 is 2.70 bits per heavy atom. The molecule has 112 valence electrons. The molecular formula is C19H13NO2S. The van der Waals surface area contributed by atoms with Gasteiger partial charge in [-0.3, -0.25) is 4.79 Å². The Morgan fingerprint density at radius 1 is 0.913 bits per heavy atom. The first-order chi connectivity index (χ1) is 11.3. The van der Waals surface area contributed by atoms with Crippen molar-refractivity contribution in [2.45, 2.75) is 0 Å². The average molecular weight is 319 g/mol. The molecule has 0 aliphatic rings. The number of hydrogen-bond donors (Lipinski definition) is 1. The van der Waals surface area contributed by atoms with Crippen molar-refractivity contribution in [3.05, 3.63) is 82.5 Å². The quantitative estimate of drug-likeness (QED) is 0.574. The number of fused-ring (bicyclic) bond motifs is 1. The number of thiophene rings is 1. The minimum absolute atomic E-state index is 0.173. The van der Waals surface area contributed by atoms with Crippen LogP contribution in [0.15, 0.2) is 76.9 Å². The van der Waals surface area contributed by atoms with E-state index in [2.05, 4.69) is 17.1 Å². The lowest BCUT2D eigenvalue weighted by molar-refractivity contribution is 0.487. The molecule has 0 atom stereocenters. The van der Waals surface area contributed by atoms with Crippen LogP contribution in [-0.4, -0.2) is 4.98 Å². The number of nitrogens with one attached hydrogen (secondary N) is 1. The highest BCUT2D eigenvalue weighted by Gasteiger charge is 2.07. The van der Waals surface area contributed by atoms with E-state index >= 15 is 0 Å². The van der Waals surface area contributed by atoms with E-state index in [9.17, 15) is 4.79 Å². The van der Waals surface area contributed by atoms with Crippen molar-refractivity contribution in [2.24, 2.45) is 0 Å². The second-order valence-corrected chi connectivity index (χ2v) is 6.10. The Balaban J connectivity index is 1.77. The van der Waals surface area contributed by atoms with Crippen molar-refractivity contribution in [3.63, 3.8) is 0 Å². The van der Waals surface area contributed by atoms with Gasteiger partial charge in [-0.05, 0) is 41.3 Å². The van der Waals surface area contributed by atoms with Gasteiger partial charge in [-0.25, -0.2) is 0 Å². The number of para-hydroxylation sites is 1. The summed E-state index contributed by atoms with van der Waals surface area (Å²) in [4.78, 5) is 15.8. The SMILES string of the molecule is O=c1cc(Oc2cccc(-c3cccs3)c2)c2ccccc2[nH]1. The van der Waals surface area contributed by atoms with Crippen LogP contribution >= 0.6 is 11.3 Å². The molecule has 0 spiro atoms. The molecule has 0 unspecified atom stereocenters. The first-order valence-corrected chi connectivity index (χ1v) is 8.11. The van der Waals surface area contributed by atoms with E-state index in [0.717, 1.165) is 16.5 Å². The van der Waals surface area contributed by atoms with Gasteiger partial charge in [0.1, 0.15) is 11.5 Å². The van der Waals surface area contributed by atoms with Crippen LogP contribution in [0, 0.1) is 0 Å². The molecule has 2 heterocycles. The number of H-pyrrole nitrogens is 1. The Kier molecular flexibility index (Phi) is 3.44. The fraction of sp³-hybridized carbons (Fsp3) is 0. The van der Waals surface area contributed by atoms with Crippen molar-refractivity contribution in [2.75, 3.05) is 0 Å². The van der Waals surface area contributed by atoms with E-state index in [1.807, 2.05) is 53.9 Å². The molecule has 3 nitrogen and oxygen atoms in total. The Labute approximate surface area is 136 Å². The summed E-state index contributed by atoms with van der Waals surface area (Å²) in [7, 11) is 0. The zero-order valence-corrected chi connectivity index (χ0v) is 13.0. The molecule has 0 aliphatic carbocycles. The molecule has 2 aromatic carbocycles. The van der Waals surface area contributed by atoms with Gasteiger partial charge in [0.25, 0.3) is 5.56 Å². The maximum atomic E-state index is 11.8. The molecule has 4 rings (SSSR count). The maximum absolute atomic E-state index is 11.8. The van der Waals surface area contributed by atoms with Crippen LogP contribution in [0.25, 0.3) is 21.3 Å². The summed E-state index contributed by atoms with van der Waals surface area (Å²) in [5.41, 5.74) is 1.70. The van der Waals surface area contributed by atoms with Crippen molar-refractivity contribution < 1.29 is 4.74 Å². The molecule has 0 saturated carbocycles. The summed E-state index contributed by atoms with van der Waals surface area (Å²) in [6.45, 7) is 0. The normalized spacial score (nSPS) is 10.8. The number of benzene rings is 2. The Bertz CT molecular complexity index is 1020. The lowest BCUT2D eigenvalue weighted by atomic mass is 10.2. The number of aromatic nitrogens is 1. The predicted molar refractivity (Wildman–Crippen MR) is 94.4 cm³/mol. The molecule has 0 bridgehead atoms. The molecular weight excluding hydrogens is 306 g/mol. The van der Waals surface area contributed by atoms with Crippen molar-refractivity contribution in [1.29, 1.82) is 0 Å². The highest BCUT2D eigenvalue weighted by Crippen LogP contribution is 2.31. The van der Waals surface area contributed by atoms with Gasteiger partial charge in [0, 0.05) is 16.3 Å². The monoisotopic (exact) mass is 319 g/mol. The zero-order valence-electron chi connectivity index (χ0n) is 12.2. The molecule has 4 heteroatoms. The summed E-state index contributed by atoms with van der Waals surface area (Å²) >= 11 is 1.69. The summed E-state index contributed by atoms with van der Waals surface area (Å²) in [5, 5.41) is 2.93. The van der Waals surface area contributed by atoms with Gasteiger partial charge in [-0.1, -0.05) is 30.3 Å². The second kappa shape index (κ2) is 5.74. The predicted octanol–water partition coefficient (Wildman–Crippen LogP) is 5.05. The third kappa shape index (κ3) is 2.76. The average Bonchev–Trinajstić information content (AvgIpc) is 3.09. The minimum atomic E-state index is -0.173. The molecule has 0 radical (unpaired) electrons. The minimum Gasteiger partial charge on any atom is -0.456 e. The van der Waals surface area contributed by atoms with Crippen LogP contribution in [0.3, 0.4) is 0 Å². The van der Waals surface area contributed by atoms with Crippen molar-refractivity contribution >= 4 is 22.2 Å². The molecule has 1 N–H and O–H groups in total. The fourth-order valence-electron chi connectivity index (χ4n) is 2.54. The van der Waals surface area contributed by atoms with Crippen LogP contribution in [-0.2, 0) is 0 Å². The highest BCUT2D eigenvalue weighted by molar-refractivity contribution is 7.13. The molecule has 0 fully saturated rings. The molecule has 2 aromatic heterocycles. The maximum Gasteiger partial charge on any atom is 0.252 e. The van der Waals surface area contributed by atoms with Gasteiger partial charge in [0.2, 0.25) is 0 Å². The van der Waals surface area contributed by atoms with Crippen LogP contribution < -0.4 is 10.3 Å². The standard InChI is InChI=1S/C19H13NO2S/c21-19-12-17(15-7-1-2-8-16(15)20-19)22-14-6-3-5-13(11-14)18-9-4-10-23-18/h1-12H,(H,20,21). The van der Waals surface area contributed by atoms with E-state index in [1.54, 1.807) is 11.3 Å². The van der Waals surface area contributed by atoms with E-state index in [-0.39, 0.29) is 5.56 Å². The largest absolute Gasteiger partial charge is 0.456 e. The molecule has 0 amide bonds. The number of hydrogen-bond acceptors (Lipinski definition) is 3. The molecule has 4 aromatic rings. The third-order valence-electron chi connectivity index (χ3n) is 3.58. The summed E-state index contributed by atoms with van der Waals surface area (Å²) in [6, 6.07) is 21.1. The van der Waals surface area contributed by atoms with Gasteiger partial charge >= 0.3 is 0 Å². The van der Waals surface area contributed by atoms with Crippen LogP contribution in [0.5, 0.6) is 11.5 Å². The number of pyridine rings is 1. The summed E-state index contributed by atoms with van der Waals surface area (Å²) in [5.74, 6) is 1.28. The smallest absolute Gasteiger partial charge is 0.252 e. The van der Waals surface area contributed by atoms with Gasteiger partial charge in [0.15, 0.2) is 0 Å². The summed E-state index contributed by atoms with van der Waals surface area (Å²) in [6.07, 6.45) is 0. The van der Waals surface area contributed by atoms with Crippen molar-refractivity contribution in [3.8, 4) is 21.9 Å². The van der Waals surface area contributed by atoms with E-state index < -0.39 is 0 Å². The van der Waals surface area contributed by atoms with Crippen LogP contribution in [0.2, 0.25) is 0 Å². The molecule has 0 aliphatic heterocycles. The van der Waals surface area contributed by atoms with Crippen LogP contribution in [0.4, 0.5) is 0 Å². The van der Waals surface area contributed by atoms with Crippen molar-refractivity contribution in [1.82, 2.24) is 4.98 Å². The molecule has 23 heavy (non-hydrogen) atoms. The van der Waals surface area contributed by atoms with E-state index in [0.29, 0.717) is 11.5 Å². The number of ether oxygens (including phenoxy) is 1. The van der Waals surface area contributed by atoms with Gasteiger partial charge < -0.3 is 9.72 Å². The summed E-state index contributed by atoms with van der Waals surface area (Å²) < 4.78 is 6.00. The lowest BCUT2D eigenvalue weighted by Gasteiger charge is -2.09. The first-order valence-electron chi connectivity index (χ1n) is 7.23. The first kappa shape index (κ1) is 13.8. The Hall–Kier alpha value is -2.85. The highest BCUT2D eigenvalue weighted by atomic mass is 32.1. The van der Waals surface area contributed by atoms with Gasteiger partial charge in [-0.15, -0.1) is 11.3 Å². The topological polar surface area (TPSA) is 42.1 Å². The number of aromatic amines is 1. The fourth-order valence-corrected chi connectivity index (χ4v) is 3.26.